The number of nitro benzene ring substituents is 1. The molecule has 2 aromatic rings. The van der Waals surface area contributed by atoms with E-state index in [4.69, 9.17) is 9.84 Å². The number of benzene rings is 2. The third-order valence-corrected chi connectivity index (χ3v) is 4.90. The Morgan fingerprint density at radius 2 is 1.74 bits per heavy atom. The van der Waals surface area contributed by atoms with Gasteiger partial charge >= 0.3 is 5.97 Å². The molecule has 0 aliphatic carbocycles. The topological polar surface area (TPSA) is 153 Å². The number of nitro groups is 1. The zero-order chi connectivity index (χ0) is 20.2. The number of ether oxygens (including phenoxy) is 1. The Bertz CT molecular complexity index is 1000. The quantitative estimate of drug-likeness (QED) is 0.385. The van der Waals surface area contributed by atoms with Crippen LogP contribution in [0.3, 0.4) is 0 Å². The summed E-state index contributed by atoms with van der Waals surface area (Å²) in [6, 6.07) is 8.83. The average molecular weight is 394 g/mol. The van der Waals surface area contributed by atoms with Gasteiger partial charge in [-0.1, -0.05) is 0 Å². The molecule has 0 aromatic heterocycles. The van der Waals surface area contributed by atoms with Gasteiger partial charge in [0.2, 0.25) is 10.0 Å². The van der Waals surface area contributed by atoms with Gasteiger partial charge in [0, 0.05) is 17.2 Å². The van der Waals surface area contributed by atoms with Crippen molar-refractivity contribution in [2.24, 2.45) is 0 Å². The molecule has 0 amide bonds. The Morgan fingerprint density at radius 1 is 1.15 bits per heavy atom. The number of carbonyl (C=O) groups excluding carboxylic acids is 1. The summed E-state index contributed by atoms with van der Waals surface area (Å²) in [5.74, 6) is -1.52. The highest BCUT2D eigenvalue weighted by atomic mass is 32.2. The van der Waals surface area contributed by atoms with Crippen molar-refractivity contribution in [3.63, 3.8) is 0 Å². The lowest BCUT2D eigenvalue weighted by Crippen LogP contribution is -2.30. The summed E-state index contributed by atoms with van der Waals surface area (Å²) in [7, 11) is -3.07. The van der Waals surface area contributed by atoms with Gasteiger partial charge < -0.3 is 9.84 Å². The van der Waals surface area contributed by atoms with Gasteiger partial charge in [0.15, 0.2) is 10.7 Å². The number of hydrogen-bond acceptors (Lipinski definition) is 7. The van der Waals surface area contributed by atoms with Crippen LogP contribution >= 0.6 is 0 Å². The lowest BCUT2D eigenvalue weighted by molar-refractivity contribution is -0.387. The maximum Gasteiger partial charge on any atom is 0.318 e. The van der Waals surface area contributed by atoms with E-state index in [0.29, 0.717) is 5.75 Å². The van der Waals surface area contributed by atoms with Gasteiger partial charge in [-0.15, -0.1) is 0 Å². The lowest BCUT2D eigenvalue weighted by atomic mass is 10.0. The van der Waals surface area contributed by atoms with Crippen molar-refractivity contribution in [1.29, 1.82) is 0 Å². The van der Waals surface area contributed by atoms with Crippen LogP contribution in [0, 0.1) is 10.1 Å². The molecule has 142 valence electrons. The molecule has 2 rings (SSSR count). The fourth-order valence-electron chi connectivity index (χ4n) is 2.16. The second-order valence-corrected chi connectivity index (χ2v) is 6.95. The molecule has 0 radical (unpaired) electrons. The minimum Gasteiger partial charge on any atom is -0.497 e. The van der Waals surface area contributed by atoms with Crippen LogP contribution in [0.4, 0.5) is 5.69 Å². The Morgan fingerprint density at radius 3 is 2.26 bits per heavy atom. The lowest BCUT2D eigenvalue weighted by Gasteiger charge is -2.08. The van der Waals surface area contributed by atoms with Crippen LogP contribution in [0.5, 0.6) is 5.75 Å². The molecule has 0 bridgehead atoms. The average Bonchev–Trinajstić information content (AvgIpc) is 2.65. The molecule has 0 saturated carbocycles. The number of rotatable bonds is 8. The fourth-order valence-corrected chi connectivity index (χ4v) is 3.33. The van der Waals surface area contributed by atoms with Crippen molar-refractivity contribution in [3.8, 4) is 5.75 Å². The highest BCUT2D eigenvalue weighted by molar-refractivity contribution is 7.89. The Labute approximate surface area is 153 Å². The van der Waals surface area contributed by atoms with E-state index in [2.05, 4.69) is 0 Å². The number of nitrogens with one attached hydrogen (secondary N) is 1. The predicted molar refractivity (Wildman–Crippen MR) is 92.3 cm³/mol. The molecule has 0 unspecified atom stereocenters. The largest absolute Gasteiger partial charge is 0.497 e. The van der Waals surface area contributed by atoms with E-state index in [1.807, 2.05) is 0 Å². The monoisotopic (exact) mass is 394 g/mol. The molecule has 0 aliphatic heterocycles. The number of carboxylic acid groups (broad SMARTS) is 1. The molecular formula is C16H14N2O8S. The van der Waals surface area contributed by atoms with E-state index in [9.17, 15) is 28.1 Å². The Balaban J connectivity index is 2.49. The van der Waals surface area contributed by atoms with Crippen LogP contribution in [0.1, 0.15) is 15.9 Å². The molecule has 11 heteroatoms. The number of hydrogen-bond donors (Lipinski definition) is 2. The van der Waals surface area contributed by atoms with Crippen LogP contribution in [0.2, 0.25) is 0 Å². The number of methoxy groups -OCH3 is 1. The van der Waals surface area contributed by atoms with E-state index in [-0.39, 0.29) is 11.1 Å². The summed E-state index contributed by atoms with van der Waals surface area (Å²) in [5.41, 5.74) is -0.674. The van der Waals surface area contributed by atoms with Crippen molar-refractivity contribution in [2.45, 2.75) is 4.90 Å². The van der Waals surface area contributed by atoms with E-state index < -0.39 is 43.8 Å². The molecule has 0 saturated heterocycles. The molecule has 27 heavy (non-hydrogen) atoms. The van der Waals surface area contributed by atoms with Crippen molar-refractivity contribution < 1.29 is 32.8 Å². The summed E-state index contributed by atoms with van der Waals surface area (Å²) >= 11 is 0. The first kappa shape index (κ1) is 20.0. The molecular weight excluding hydrogens is 380 g/mol. The van der Waals surface area contributed by atoms with E-state index in [0.717, 1.165) is 18.2 Å². The second kappa shape index (κ2) is 7.93. The smallest absolute Gasteiger partial charge is 0.318 e. The number of aliphatic carboxylic acids is 1. The van der Waals surface area contributed by atoms with Gasteiger partial charge in [-0.3, -0.25) is 19.7 Å². The van der Waals surface area contributed by atoms with Gasteiger partial charge in [-0.2, -0.15) is 4.72 Å². The highest BCUT2D eigenvalue weighted by Crippen LogP contribution is 2.26. The first-order valence-electron chi connectivity index (χ1n) is 7.34. The number of carbonyl (C=O) groups is 2. The van der Waals surface area contributed by atoms with Gasteiger partial charge in [-0.25, -0.2) is 8.42 Å². The third kappa shape index (κ3) is 4.65. The molecule has 0 aliphatic rings. The Hall–Kier alpha value is -3.31. The molecule has 2 N–H and O–H groups in total. The molecule has 2 aromatic carbocycles. The second-order valence-electron chi connectivity index (χ2n) is 5.22. The maximum atomic E-state index is 12.6. The van der Waals surface area contributed by atoms with Crippen molar-refractivity contribution in [1.82, 2.24) is 4.72 Å². The minimum atomic E-state index is -4.52. The van der Waals surface area contributed by atoms with Gasteiger partial charge in [-0.05, 0) is 36.4 Å². The standard InChI is InChI=1S/C16H14N2O8S/c1-26-12-5-2-10(3-6-12)16(21)11-4-7-13(18(22)23)14(8-11)27(24,25)17-9-15(19)20/h2-8,17H,9H2,1H3,(H,19,20). The van der Waals surface area contributed by atoms with Crippen LogP contribution in [-0.2, 0) is 14.8 Å². The molecule has 10 nitrogen and oxygen atoms in total. The highest BCUT2D eigenvalue weighted by Gasteiger charge is 2.28. The molecule has 0 heterocycles. The van der Waals surface area contributed by atoms with Crippen molar-refractivity contribution >= 4 is 27.5 Å². The summed E-state index contributed by atoms with van der Waals surface area (Å²) < 4.78 is 31.2. The number of ketones is 1. The van der Waals surface area contributed by atoms with Crippen LogP contribution in [0.25, 0.3) is 0 Å². The molecule has 0 fully saturated rings. The first-order valence-corrected chi connectivity index (χ1v) is 8.82. The summed E-state index contributed by atoms with van der Waals surface area (Å²) in [4.78, 5) is 32.5. The van der Waals surface area contributed by atoms with Gasteiger partial charge in [0.05, 0.1) is 12.0 Å². The predicted octanol–water partition coefficient (Wildman–Crippen LogP) is 1.20. The zero-order valence-corrected chi connectivity index (χ0v) is 14.7. The van der Waals surface area contributed by atoms with Gasteiger partial charge in [0.25, 0.3) is 5.69 Å². The summed E-state index contributed by atoms with van der Waals surface area (Å²) in [6.07, 6.45) is 0. The van der Waals surface area contributed by atoms with Crippen molar-refractivity contribution in [2.75, 3.05) is 13.7 Å². The third-order valence-electron chi connectivity index (χ3n) is 3.47. The number of sulfonamides is 1. The normalized spacial score (nSPS) is 11.0. The van der Waals surface area contributed by atoms with E-state index in [1.165, 1.54) is 31.4 Å². The van der Waals surface area contributed by atoms with E-state index >= 15 is 0 Å². The zero-order valence-electron chi connectivity index (χ0n) is 13.9. The van der Waals surface area contributed by atoms with Gasteiger partial charge in [0.1, 0.15) is 12.3 Å². The minimum absolute atomic E-state index is 0.110. The summed E-state index contributed by atoms with van der Waals surface area (Å²) in [6.45, 7) is -0.962. The van der Waals surface area contributed by atoms with Crippen LogP contribution < -0.4 is 9.46 Å². The first-order chi connectivity index (χ1) is 12.7. The van der Waals surface area contributed by atoms with E-state index in [1.54, 1.807) is 4.72 Å². The number of nitrogens with zero attached hydrogens (tertiary/aromatic N) is 1. The molecule has 0 atom stereocenters. The van der Waals surface area contributed by atoms with Crippen molar-refractivity contribution in [3.05, 3.63) is 63.7 Å². The Kier molecular flexibility index (Phi) is 5.88. The van der Waals surface area contributed by atoms with Crippen LogP contribution in [-0.4, -0.2) is 43.9 Å². The van der Waals surface area contributed by atoms with Crippen LogP contribution in [0.15, 0.2) is 47.4 Å². The molecule has 0 spiro atoms. The SMILES string of the molecule is COc1ccc(C(=O)c2ccc([N+](=O)[O-])c(S(=O)(=O)NCC(=O)O)c2)cc1. The fraction of sp³-hybridized carbons (Fsp3) is 0.125. The number of carboxylic acids is 1. The maximum absolute atomic E-state index is 12.6. The summed E-state index contributed by atoms with van der Waals surface area (Å²) in [5, 5.41) is 19.7.